The van der Waals surface area contributed by atoms with Gasteiger partial charge >= 0.3 is 0 Å². The summed E-state index contributed by atoms with van der Waals surface area (Å²) in [5.41, 5.74) is 0.314. The van der Waals surface area contributed by atoms with E-state index in [4.69, 9.17) is 0 Å². The maximum absolute atomic E-state index is 11.7. The van der Waals surface area contributed by atoms with Gasteiger partial charge in [-0.2, -0.15) is 0 Å². The van der Waals surface area contributed by atoms with Gasteiger partial charge in [-0.15, -0.1) is 22.7 Å². The van der Waals surface area contributed by atoms with Gasteiger partial charge in [-0.05, 0) is 11.4 Å². The first-order valence-corrected chi connectivity index (χ1v) is 6.95. The predicted octanol–water partition coefficient (Wildman–Crippen LogP) is 1.75. The minimum atomic E-state index is -0.259. The average Bonchev–Trinajstić information content (AvgIpc) is 2.99. The lowest BCUT2D eigenvalue weighted by atomic mass is 10.3. The second-order valence-electron chi connectivity index (χ2n) is 3.42. The lowest BCUT2D eigenvalue weighted by Crippen LogP contribution is -2.18. The number of hydrogen-bond donors (Lipinski definition) is 2. The third-order valence-corrected chi connectivity index (χ3v) is 3.76. The van der Waals surface area contributed by atoms with Crippen LogP contribution in [0.1, 0.15) is 15.4 Å². The Morgan fingerprint density at radius 2 is 2.22 bits per heavy atom. The summed E-state index contributed by atoms with van der Waals surface area (Å²) in [6.07, 6.45) is 0.326. The van der Waals surface area contributed by atoms with E-state index in [-0.39, 0.29) is 11.8 Å². The van der Waals surface area contributed by atoms with E-state index >= 15 is 0 Å². The number of carbonyl (C=O) groups excluding carboxylic acids is 2. The molecule has 0 saturated heterocycles. The summed E-state index contributed by atoms with van der Waals surface area (Å²) in [7, 11) is 1.54. The van der Waals surface area contributed by atoms with E-state index < -0.39 is 0 Å². The molecule has 18 heavy (non-hydrogen) atoms. The number of amides is 2. The molecule has 2 aromatic heterocycles. The van der Waals surface area contributed by atoms with Crippen molar-refractivity contribution in [3.63, 3.8) is 0 Å². The van der Waals surface area contributed by atoms with Crippen molar-refractivity contribution in [3.05, 3.63) is 33.5 Å². The first-order chi connectivity index (χ1) is 8.69. The van der Waals surface area contributed by atoms with Gasteiger partial charge in [-0.25, -0.2) is 4.98 Å². The Hall–Kier alpha value is -1.73. The molecule has 2 rings (SSSR count). The predicted molar refractivity (Wildman–Crippen MR) is 72.2 cm³/mol. The fourth-order valence-corrected chi connectivity index (χ4v) is 2.71. The standard InChI is InChI=1S/C11H11N3O2S2/c1-12-10(16)8-6-18-11(13-8)14-9(15)5-7-3-2-4-17-7/h2-4,6H,5H2,1H3,(H,12,16)(H,13,14,15). The Morgan fingerprint density at radius 3 is 2.89 bits per heavy atom. The van der Waals surface area contributed by atoms with Gasteiger partial charge in [0.2, 0.25) is 5.91 Å². The van der Waals surface area contributed by atoms with Gasteiger partial charge in [-0.3, -0.25) is 9.59 Å². The molecule has 5 nitrogen and oxygen atoms in total. The summed E-state index contributed by atoms with van der Waals surface area (Å²) in [6.45, 7) is 0. The van der Waals surface area contributed by atoms with Gasteiger partial charge in [0.1, 0.15) is 5.69 Å². The zero-order chi connectivity index (χ0) is 13.0. The van der Waals surface area contributed by atoms with Crippen LogP contribution >= 0.6 is 22.7 Å². The van der Waals surface area contributed by atoms with Crippen molar-refractivity contribution in [2.24, 2.45) is 0 Å². The minimum Gasteiger partial charge on any atom is -0.354 e. The Morgan fingerprint density at radius 1 is 1.39 bits per heavy atom. The van der Waals surface area contributed by atoms with Crippen LogP contribution in [0.5, 0.6) is 0 Å². The number of hydrogen-bond acceptors (Lipinski definition) is 5. The van der Waals surface area contributed by atoms with E-state index in [9.17, 15) is 9.59 Å². The van der Waals surface area contributed by atoms with Crippen molar-refractivity contribution in [1.82, 2.24) is 10.3 Å². The van der Waals surface area contributed by atoms with Crippen molar-refractivity contribution in [3.8, 4) is 0 Å². The summed E-state index contributed by atoms with van der Waals surface area (Å²) >= 11 is 2.77. The van der Waals surface area contributed by atoms with E-state index in [0.29, 0.717) is 17.2 Å². The number of anilines is 1. The first kappa shape index (κ1) is 12.7. The third kappa shape index (κ3) is 3.14. The van der Waals surface area contributed by atoms with Gasteiger partial charge in [0.25, 0.3) is 5.91 Å². The fourth-order valence-electron chi connectivity index (χ4n) is 1.30. The monoisotopic (exact) mass is 281 g/mol. The van der Waals surface area contributed by atoms with Crippen LogP contribution in [-0.2, 0) is 11.2 Å². The van der Waals surface area contributed by atoms with Crippen LogP contribution in [0.2, 0.25) is 0 Å². The van der Waals surface area contributed by atoms with Gasteiger partial charge < -0.3 is 10.6 Å². The maximum atomic E-state index is 11.7. The molecule has 0 aromatic carbocycles. The molecule has 0 aliphatic rings. The van der Waals surface area contributed by atoms with Crippen LogP contribution in [-0.4, -0.2) is 23.8 Å². The van der Waals surface area contributed by atoms with E-state index in [2.05, 4.69) is 15.6 Å². The molecule has 7 heteroatoms. The zero-order valence-corrected chi connectivity index (χ0v) is 11.2. The van der Waals surface area contributed by atoms with E-state index in [1.165, 1.54) is 29.7 Å². The molecule has 2 aromatic rings. The SMILES string of the molecule is CNC(=O)c1csc(NC(=O)Cc2cccs2)n1. The molecule has 0 bridgehead atoms. The molecule has 0 unspecified atom stereocenters. The highest BCUT2D eigenvalue weighted by Crippen LogP contribution is 2.16. The second kappa shape index (κ2) is 5.74. The van der Waals surface area contributed by atoms with E-state index in [1.54, 1.807) is 5.38 Å². The molecule has 0 saturated carbocycles. The van der Waals surface area contributed by atoms with E-state index in [1.807, 2.05) is 17.5 Å². The van der Waals surface area contributed by atoms with Crippen LogP contribution in [0.3, 0.4) is 0 Å². The number of nitrogens with one attached hydrogen (secondary N) is 2. The lowest BCUT2D eigenvalue weighted by molar-refractivity contribution is -0.115. The molecule has 0 aliphatic carbocycles. The van der Waals surface area contributed by atoms with Crippen LogP contribution in [0.15, 0.2) is 22.9 Å². The number of nitrogens with zero attached hydrogens (tertiary/aromatic N) is 1. The molecule has 2 amide bonds. The normalized spacial score (nSPS) is 10.1. The van der Waals surface area contributed by atoms with Gasteiger partial charge in [0.15, 0.2) is 5.13 Å². The molecule has 0 spiro atoms. The topological polar surface area (TPSA) is 71.1 Å². The molecule has 94 valence electrons. The number of thiazole rings is 1. The zero-order valence-electron chi connectivity index (χ0n) is 9.60. The maximum Gasteiger partial charge on any atom is 0.270 e. The van der Waals surface area contributed by atoms with Gasteiger partial charge in [0, 0.05) is 17.3 Å². The number of thiophene rings is 1. The van der Waals surface area contributed by atoms with Gasteiger partial charge in [0.05, 0.1) is 6.42 Å². The number of aromatic nitrogens is 1. The average molecular weight is 281 g/mol. The van der Waals surface area contributed by atoms with Crippen LogP contribution in [0.25, 0.3) is 0 Å². The highest BCUT2D eigenvalue weighted by Gasteiger charge is 2.11. The van der Waals surface area contributed by atoms with Crippen LogP contribution in [0, 0.1) is 0 Å². The van der Waals surface area contributed by atoms with Crippen molar-refractivity contribution in [2.75, 3.05) is 12.4 Å². The highest BCUT2D eigenvalue weighted by atomic mass is 32.1. The van der Waals surface area contributed by atoms with Gasteiger partial charge in [-0.1, -0.05) is 6.07 Å². The van der Waals surface area contributed by atoms with Crippen molar-refractivity contribution in [1.29, 1.82) is 0 Å². The second-order valence-corrected chi connectivity index (χ2v) is 5.31. The minimum absolute atomic E-state index is 0.129. The molecule has 2 N–H and O–H groups in total. The Kier molecular flexibility index (Phi) is 4.06. The first-order valence-electron chi connectivity index (χ1n) is 5.19. The molecular weight excluding hydrogens is 270 g/mol. The molecule has 0 fully saturated rings. The van der Waals surface area contributed by atoms with E-state index in [0.717, 1.165) is 4.88 Å². The molecule has 0 atom stereocenters. The summed E-state index contributed by atoms with van der Waals surface area (Å²) in [6, 6.07) is 3.81. The van der Waals surface area contributed by atoms with Crippen molar-refractivity contribution < 1.29 is 9.59 Å². The summed E-state index contributed by atoms with van der Waals surface area (Å²) < 4.78 is 0. The van der Waals surface area contributed by atoms with Crippen molar-refractivity contribution in [2.45, 2.75) is 6.42 Å². The Bertz CT molecular complexity index is 548. The molecule has 2 heterocycles. The molecular formula is C11H11N3O2S2. The number of rotatable bonds is 4. The highest BCUT2D eigenvalue weighted by molar-refractivity contribution is 7.14. The molecule has 0 aliphatic heterocycles. The van der Waals surface area contributed by atoms with Crippen LogP contribution < -0.4 is 10.6 Å². The van der Waals surface area contributed by atoms with Crippen molar-refractivity contribution >= 4 is 39.6 Å². The molecule has 0 radical (unpaired) electrons. The van der Waals surface area contributed by atoms with Crippen LogP contribution in [0.4, 0.5) is 5.13 Å². The quantitative estimate of drug-likeness (QED) is 0.897. The summed E-state index contributed by atoms with van der Waals surface area (Å²) in [5, 5.41) is 9.13. The largest absolute Gasteiger partial charge is 0.354 e. The summed E-state index contributed by atoms with van der Waals surface area (Å²) in [5.74, 6) is -0.389. The smallest absolute Gasteiger partial charge is 0.270 e. The fraction of sp³-hybridized carbons (Fsp3) is 0.182. The third-order valence-electron chi connectivity index (χ3n) is 2.13. The summed E-state index contributed by atoms with van der Waals surface area (Å²) in [4.78, 5) is 28.0. The number of carbonyl (C=O) groups is 2. The lowest BCUT2D eigenvalue weighted by Gasteiger charge is -1.99. The Balaban J connectivity index is 1.95. The Labute approximate surface area is 112 Å².